The van der Waals surface area contributed by atoms with E-state index >= 15 is 0 Å². The van der Waals surface area contributed by atoms with Gasteiger partial charge in [0.2, 0.25) is 0 Å². The monoisotopic (exact) mass is 837 g/mol. The molecule has 0 saturated heterocycles. The van der Waals surface area contributed by atoms with Crippen molar-refractivity contribution in [1.29, 1.82) is 0 Å². The Hall–Kier alpha value is -2.17. The average Bonchev–Trinajstić information content (AvgIpc) is 3.23. The molecule has 330 valence electrons. The number of nitrogens with zero attached hydrogens (tertiary/aromatic N) is 2. The second-order valence-electron chi connectivity index (χ2n) is 17.2. The van der Waals surface area contributed by atoms with Crippen LogP contribution in [0.25, 0.3) is 0 Å². The summed E-state index contributed by atoms with van der Waals surface area (Å²) >= 11 is 0. The molecule has 0 fully saturated rings. The molecule has 0 aliphatic rings. The van der Waals surface area contributed by atoms with Gasteiger partial charge in [-0.05, 0) is 68.5 Å². The number of benzene rings is 2. The van der Waals surface area contributed by atoms with Crippen molar-refractivity contribution in [2.75, 3.05) is 0 Å². The van der Waals surface area contributed by atoms with E-state index in [1.807, 2.05) is 0 Å². The summed E-state index contributed by atoms with van der Waals surface area (Å²) in [5, 5.41) is 0. The summed E-state index contributed by atoms with van der Waals surface area (Å²) < 4.78 is 0. The fourth-order valence-corrected chi connectivity index (χ4v) is 7.90. The van der Waals surface area contributed by atoms with E-state index in [1.54, 1.807) is 0 Å². The second-order valence-corrected chi connectivity index (χ2v) is 17.2. The largest absolute Gasteiger partial charge is 0.252 e. The predicted molar refractivity (Wildman–Crippen MR) is 257 cm³/mol. The van der Waals surface area contributed by atoms with Gasteiger partial charge in [0.25, 0.3) is 0 Å². The van der Waals surface area contributed by atoms with Crippen molar-refractivity contribution in [3.8, 4) is 11.8 Å². The first kappa shape index (κ1) is 53.9. The van der Waals surface area contributed by atoms with E-state index in [0.29, 0.717) is 0 Å². The summed E-state index contributed by atoms with van der Waals surface area (Å²) in [6.45, 7) is 6.85. The molecule has 0 spiro atoms. The van der Waals surface area contributed by atoms with E-state index in [2.05, 4.69) is 87.2 Å². The molecule has 0 aliphatic carbocycles. The number of hydrogen-bond acceptors (Lipinski definition) is 2. The number of aliphatic imine (C=N–C) groups is 2. The fraction of sp³-hybridized carbons (Fsp3) is 0.709. The van der Waals surface area contributed by atoms with Crippen molar-refractivity contribution in [2.45, 2.75) is 252 Å². The van der Waals surface area contributed by atoms with Gasteiger partial charge in [0.15, 0.2) is 0 Å². The Morgan fingerprint density at radius 3 is 1.09 bits per heavy atom. The topological polar surface area (TPSA) is 24.7 Å². The van der Waals surface area contributed by atoms with Gasteiger partial charge in [0, 0.05) is 28.5 Å². The summed E-state index contributed by atoms with van der Waals surface area (Å²) in [5.74, 6) is 6.85. The molecule has 3 heteroatoms. The average molecular weight is 838 g/mol. The zero-order chi connectivity index (χ0) is 40.5. The molecule has 0 saturated carbocycles. The maximum Gasteiger partial charge on any atom is 0.0634 e. The van der Waals surface area contributed by atoms with Gasteiger partial charge in [0.1, 0.15) is 0 Å². The van der Waals surface area contributed by atoms with Crippen molar-refractivity contribution >= 4 is 22.8 Å². The van der Waals surface area contributed by atoms with Crippen LogP contribution in [0.3, 0.4) is 0 Å². The molecule has 0 bridgehead atoms. The van der Waals surface area contributed by atoms with Crippen LogP contribution >= 0.6 is 0 Å². The molecular weight excluding hydrogens is 747 g/mol. The minimum absolute atomic E-state index is 0. The third-order valence-electron chi connectivity index (χ3n) is 11.7. The van der Waals surface area contributed by atoms with E-state index in [4.69, 9.17) is 9.98 Å². The van der Waals surface area contributed by atoms with Gasteiger partial charge in [-0.25, -0.2) is 0 Å². The van der Waals surface area contributed by atoms with Crippen LogP contribution in [0.15, 0.2) is 64.6 Å². The Balaban J connectivity index is 0.0000168. The molecule has 0 unspecified atom stereocenters. The Kier molecular flexibility index (Phi) is 38.6. The summed E-state index contributed by atoms with van der Waals surface area (Å²) in [4.78, 5) is 10.3. The Labute approximate surface area is 371 Å². The summed E-state index contributed by atoms with van der Waals surface area (Å²) in [7, 11) is 0. The van der Waals surface area contributed by atoms with Crippen LogP contribution in [0.1, 0.15) is 257 Å². The van der Waals surface area contributed by atoms with Crippen LogP contribution in [0.4, 0.5) is 11.4 Å². The van der Waals surface area contributed by atoms with Crippen molar-refractivity contribution in [2.24, 2.45) is 9.98 Å². The number of rotatable bonds is 38. The molecule has 58 heavy (non-hydrogen) atoms. The summed E-state index contributed by atoms with van der Waals surface area (Å²) in [5.41, 5.74) is 5.44. The molecule has 0 radical (unpaired) electrons. The van der Waals surface area contributed by atoms with Gasteiger partial charge in [0.05, 0.1) is 22.8 Å². The van der Waals surface area contributed by atoms with Crippen LogP contribution in [0.5, 0.6) is 0 Å². The van der Waals surface area contributed by atoms with Crippen molar-refractivity contribution in [3.05, 3.63) is 60.2 Å². The SMILES string of the molecule is CCCCCCCCCCCCCCCCCCCCCCCCCCCC#Cc1ccc(/N=C(CCCCCCCC)/C(CCCC)=N/c2ccccc2)cc1.[Ni]. The standard InChI is InChI=1S/C55H90N2.Ni/c1-4-7-10-12-14-15-16-17-18-19-20-21-22-23-24-25-26-27-28-29-30-31-32-33-34-35-38-42-51-47-49-53(50-48-51)57-55(46-41-36-13-11-8-5-2)54(45-9-6-3)56-52-43-39-37-40-44-52;/h37,39-40,43-44,47-50H,4-36,41,45-46H2,1-3H3;/b56-54+,57-55+;. The molecule has 0 amide bonds. The fourth-order valence-electron chi connectivity index (χ4n) is 7.90. The van der Waals surface area contributed by atoms with Crippen LogP contribution < -0.4 is 0 Å². The molecule has 0 N–H and O–H groups in total. The van der Waals surface area contributed by atoms with Gasteiger partial charge in [-0.2, -0.15) is 0 Å². The van der Waals surface area contributed by atoms with E-state index in [1.165, 1.54) is 199 Å². The Morgan fingerprint density at radius 1 is 0.362 bits per heavy atom. The number of para-hydroxylation sites is 1. The molecule has 0 aromatic heterocycles. The predicted octanol–water partition coefficient (Wildman–Crippen LogP) is 19.0. The number of unbranched alkanes of at least 4 members (excludes halogenated alkanes) is 31. The Morgan fingerprint density at radius 2 is 0.690 bits per heavy atom. The van der Waals surface area contributed by atoms with Crippen LogP contribution in [-0.4, -0.2) is 11.4 Å². The second kappa shape index (κ2) is 41.6. The maximum atomic E-state index is 5.22. The third-order valence-corrected chi connectivity index (χ3v) is 11.7. The molecular formula is C55H90N2Ni. The van der Waals surface area contributed by atoms with Crippen LogP contribution in [-0.2, 0) is 16.5 Å². The zero-order valence-electron chi connectivity index (χ0n) is 38.4. The molecule has 2 aromatic rings. The molecule has 0 heterocycles. The molecule has 0 atom stereocenters. The minimum atomic E-state index is 0. The molecule has 0 aliphatic heterocycles. The Bertz CT molecular complexity index is 1280. The van der Waals surface area contributed by atoms with Crippen LogP contribution in [0.2, 0.25) is 0 Å². The van der Waals surface area contributed by atoms with Crippen LogP contribution in [0, 0.1) is 11.8 Å². The number of hydrogen-bond donors (Lipinski definition) is 0. The smallest absolute Gasteiger partial charge is 0.0634 e. The summed E-state index contributed by atoms with van der Waals surface area (Å²) in [6.07, 6.45) is 48.8. The first-order chi connectivity index (χ1) is 28.3. The van der Waals surface area contributed by atoms with Crippen molar-refractivity contribution < 1.29 is 16.5 Å². The first-order valence-corrected chi connectivity index (χ1v) is 25.1. The maximum absolute atomic E-state index is 5.22. The van der Waals surface area contributed by atoms with E-state index in [0.717, 1.165) is 60.5 Å². The van der Waals surface area contributed by atoms with E-state index in [9.17, 15) is 0 Å². The van der Waals surface area contributed by atoms with Crippen molar-refractivity contribution in [3.63, 3.8) is 0 Å². The summed E-state index contributed by atoms with van der Waals surface area (Å²) in [6, 6.07) is 19.0. The van der Waals surface area contributed by atoms with Gasteiger partial charge in [-0.3, -0.25) is 9.98 Å². The molecule has 2 rings (SSSR count). The third kappa shape index (κ3) is 31.7. The first-order valence-electron chi connectivity index (χ1n) is 25.1. The normalized spacial score (nSPS) is 11.7. The van der Waals surface area contributed by atoms with Crippen molar-refractivity contribution in [1.82, 2.24) is 0 Å². The quantitative estimate of drug-likeness (QED) is 0.0279. The van der Waals surface area contributed by atoms with E-state index < -0.39 is 0 Å². The molecule has 2 aromatic carbocycles. The minimum Gasteiger partial charge on any atom is -0.252 e. The molecule has 2 nitrogen and oxygen atoms in total. The van der Waals surface area contributed by atoms with Gasteiger partial charge in [-0.1, -0.05) is 243 Å². The van der Waals surface area contributed by atoms with Gasteiger partial charge >= 0.3 is 0 Å². The zero-order valence-corrected chi connectivity index (χ0v) is 39.4. The van der Waals surface area contributed by atoms with E-state index in [-0.39, 0.29) is 16.5 Å². The van der Waals surface area contributed by atoms with Gasteiger partial charge in [-0.15, -0.1) is 0 Å². The van der Waals surface area contributed by atoms with Gasteiger partial charge < -0.3 is 0 Å².